The quantitative estimate of drug-likeness (QED) is 0.823. The molecule has 0 atom stereocenters. The number of tetrazole rings is 1. The maximum atomic E-state index is 12.4. The maximum Gasteiger partial charge on any atom is 0.410 e. The van der Waals surface area contributed by atoms with Gasteiger partial charge in [-0.2, -0.15) is 0 Å². The van der Waals surface area contributed by atoms with Crippen LogP contribution in [0.1, 0.15) is 71.5 Å². The Morgan fingerprint density at radius 3 is 2.38 bits per heavy atom. The van der Waals surface area contributed by atoms with Crippen molar-refractivity contribution in [2.24, 2.45) is 18.4 Å². The molecule has 1 saturated heterocycles. The fraction of sp³-hybridized carbons (Fsp3) is 0.895. The Hall–Kier alpha value is -1.66. The molecule has 1 aromatic rings. The van der Waals surface area contributed by atoms with Gasteiger partial charge in [-0.1, -0.05) is 19.3 Å². The van der Waals surface area contributed by atoms with Crippen molar-refractivity contribution < 1.29 is 9.53 Å². The lowest BCUT2D eigenvalue weighted by molar-refractivity contribution is -0.00683. The Kier molecular flexibility index (Phi) is 5.53. The van der Waals surface area contributed by atoms with Crippen LogP contribution < -0.4 is 0 Å². The van der Waals surface area contributed by atoms with E-state index in [2.05, 4.69) is 15.5 Å². The first-order valence-corrected chi connectivity index (χ1v) is 9.98. The lowest BCUT2D eigenvalue weighted by Crippen LogP contribution is -2.49. The molecule has 1 saturated carbocycles. The number of likely N-dealkylation sites (tertiary alicyclic amines) is 1. The summed E-state index contributed by atoms with van der Waals surface area (Å²) in [5.41, 5.74) is -0.249. The molecule has 1 aromatic heterocycles. The zero-order chi connectivity index (χ0) is 18.8. The SMILES string of the molecule is Cn1nnnc1CC1(C2CCCCC2)CCN(C(=O)OC(C)(C)C)CC1. The van der Waals surface area contributed by atoms with Crippen molar-refractivity contribution in [2.75, 3.05) is 13.1 Å². The van der Waals surface area contributed by atoms with Gasteiger partial charge < -0.3 is 9.64 Å². The third kappa shape index (κ3) is 4.35. The first kappa shape index (κ1) is 19.1. The Balaban J connectivity index is 1.72. The molecule has 7 nitrogen and oxygen atoms in total. The average Bonchev–Trinajstić information content (AvgIpc) is 2.99. The molecule has 2 aliphatic rings. The molecule has 0 unspecified atom stereocenters. The number of piperidine rings is 1. The zero-order valence-corrected chi connectivity index (χ0v) is 16.7. The summed E-state index contributed by atoms with van der Waals surface area (Å²) < 4.78 is 7.36. The van der Waals surface area contributed by atoms with E-state index >= 15 is 0 Å². The van der Waals surface area contributed by atoms with E-state index in [-0.39, 0.29) is 11.5 Å². The van der Waals surface area contributed by atoms with Gasteiger partial charge in [0.15, 0.2) is 5.82 Å². The van der Waals surface area contributed by atoms with E-state index in [4.69, 9.17) is 4.74 Å². The van der Waals surface area contributed by atoms with Crippen LogP contribution in [-0.2, 0) is 18.2 Å². The van der Waals surface area contributed by atoms with Crippen molar-refractivity contribution in [1.82, 2.24) is 25.1 Å². The largest absolute Gasteiger partial charge is 0.444 e. The lowest BCUT2D eigenvalue weighted by atomic mass is 9.62. The summed E-state index contributed by atoms with van der Waals surface area (Å²) in [7, 11) is 1.92. The Bertz CT molecular complexity index is 608. The number of hydrogen-bond donors (Lipinski definition) is 0. The molecule has 0 spiro atoms. The molecule has 0 radical (unpaired) electrons. The van der Waals surface area contributed by atoms with Crippen LogP contribution >= 0.6 is 0 Å². The van der Waals surface area contributed by atoms with Crippen molar-refractivity contribution >= 4 is 6.09 Å². The summed E-state index contributed by atoms with van der Waals surface area (Å²) in [5.74, 6) is 1.66. The molecule has 26 heavy (non-hydrogen) atoms. The van der Waals surface area contributed by atoms with Crippen LogP contribution in [-0.4, -0.2) is 49.9 Å². The summed E-state index contributed by atoms with van der Waals surface area (Å²) in [6.07, 6.45) is 9.29. The second-order valence-electron chi connectivity index (χ2n) is 9.06. The van der Waals surface area contributed by atoms with E-state index in [9.17, 15) is 4.79 Å². The highest BCUT2D eigenvalue weighted by molar-refractivity contribution is 5.68. The van der Waals surface area contributed by atoms with Gasteiger partial charge in [0.25, 0.3) is 0 Å². The number of nitrogens with zero attached hydrogens (tertiary/aromatic N) is 5. The fourth-order valence-corrected chi connectivity index (χ4v) is 4.62. The van der Waals surface area contributed by atoms with Gasteiger partial charge in [-0.25, -0.2) is 9.48 Å². The van der Waals surface area contributed by atoms with Crippen LogP contribution in [0.4, 0.5) is 4.79 Å². The topological polar surface area (TPSA) is 73.1 Å². The number of amides is 1. The number of ether oxygens (including phenoxy) is 1. The van der Waals surface area contributed by atoms with Crippen molar-refractivity contribution in [3.63, 3.8) is 0 Å². The van der Waals surface area contributed by atoms with E-state index < -0.39 is 5.60 Å². The van der Waals surface area contributed by atoms with Crippen LogP contribution in [0.3, 0.4) is 0 Å². The van der Waals surface area contributed by atoms with Crippen LogP contribution in [0.5, 0.6) is 0 Å². The molecule has 2 fully saturated rings. The molecule has 0 N–H and O–H groups in total. The second-order valence-corrected chi connectivity index (χ2v) is 9.06. The summed E-state index contributed by atoms with van der Waals surface area (Å²) in [6, 6.07) is 0. The fourth-order valence-electron chi connectivity index (χ4n) is 4.62. The molecule has 1 aliphatic carbocycles. The Morgan fingerprint density at radius 2 is 1.85 bits per heavy atom. The number of carbonyl (C=O) groups is 1. The lowest BCUT2D eigenvalue weighted by Gasteiger charge is -2.47. The molecule has 0 aromatic carbocycles. The Labute approximate surface area is 156 Å². The third-order valence-corrected chi connectivity index (χ3v) is 6.10. The van der Waals surface area contributed by atoms with E-state index in [1.165, 1.54) is 32.1 Å². The standard InChI is InChI=1S/C19H33N5O2/c1-18(2,3)26-17(25)24-12-10-19(11-13-24,15-8-6-5-7-9-15)14-16-20-21-22-23(16)4/h15H,5-14H2,1-4H3. The number of rotatable bonds is 3. The zero-order valence-electron chi connectivity index (χ0n) is 16.7. The highest BCUT2D eigenvalue weighted by atomic mass is 16.6. The minimum atomic E-state index is -0.445. The molecular weight excluding hydrogens is 330 g/mol. The van der Waals surface area contributed by atoms with Crippen molar-refractivity contribution in [2.45, 2.75) is 77.7 Å². The summed E-state index contributed by atoms with van der Waals surface area (Å²) in [5, 5.41) is 12.1. The molecule has 146 valence electrons. The van der Waals surface area contributed by atoms with Crippen molar-refractivity contribution in [3.8, 4) is 0 Å². The predicted octanol–water partition coefficient (Wildman–Crippen LogP) is 3.35. The van der Waals surface area contributed by atoms with E-state index in [0.29, 0.717) is 5.92 Å². The highest BCUT2D eigenvalue weighted by Crippen LogP contribution is 2.47. The number of aryl methyl sites for hydroxylation is 1. The van der Waals surface area contributed by atoms with Crippen LogP contribution in [0.15, 0.2) is 0 Å². The van der Waals surface area contributed by atoms with Crippen LogP contribution in [0.2, 0.25) is 0 Å². The minimum Gasteiger partial charge on any atom is -0.444 e. The van der Waals surface area contributed by atoms with Gasteiger partial charge in [-0.05, 0) is 68.2 Å². The van der Waals surface area contributed by atoms with Gasteiger partial charge in [0, 0.05) is 26.6 Å². The average molecular weight is 364 g/mol. The summed E-state index contributed by atoms with van der Waals surface area (Å²) in [6.45, 7) is 7.28. The minimum absolute atomic E-state index is 0.185. The number of carbonyl (C=O) groups excluding carboxylic acids is 1. The molecule has 1 amide bonds. The summed E-state index contributed by atoms with van der Waals surface area (Å²) >= 11 is 0. The van der Waals surface area contributed by atoms with Crippen LogP contribution in [0, 0.1) is 11.3 Å². The van der Waals surface area contributed by atoms with Crippen LogP contribution in [0.25, 0.3) is 0 Å². The smallest absolute Gasteiger partial charge is 0.410 e. The van der Waals surface area contributed by atoms with Gasteiger partial charge in [0.1, 0.15) is 5.60 Å². The molecule has 3 rings (SSSR count). The van der Waals surface area contributed by atoms with E-state index in [1.807, 2.05) is 32.7 Å². The van der Waals surface area contributed by atoms with E-state index in [0.717, 1.165) is 38.2 Å². The number of aromatic nitrogens is 4. The van der Waals surface area contributed by atoms with Gasteiger partial charge in [-0.3, -0.25) is 0 Å². The second kappa shape index (κ2) is 7.53. The normalized spacial score (nSPS) is 21.6. The molecule has 2 heterocycles. The first-order chi connectivity index (χ1) is 12.3. The van der Waals surface area contributed by atoms with Gasteiger partial charge >= 0.3 is 6.09 Å². The molecule has 0 bridgehead atoms. The summed E-state index contributed by atoms with van der Waals surface area (Å²) in [4.78, 5) is 14.3. The van der Waals surface area contributed by atoms with E-state index in [1.54, 1.807) is 4.68 Å². The van der Waals surface area contributed by atoms with Crippen molar-refractivity contribution in [3.05, 3.63) is 5.82 Å². The molecule has 7 heteroatoms. The van der Waals surface area contributed by atoms with Crippen molar-refractivity contribution in [1.29, 1.82) is 0 Å². The predicted molar refractivity (Wildman–Crippen MR) is 98.6 cm³/mol. The molecule has 1 aliphatic heterocycles. The third-order valence-electron chi connectivity index (χ3n) is 6.10. The number of hydrogen-bond acceptors (Lipinski definition) is 5. The monoisotopic (exact) mass is 363 g/mol. The van der Waals surface area contributed by atoms with Gasteiger partial charge in [0.05, 0.1) is 0 Å². The van der Waals surface area contributed by atoms with Gasteiger partial charge in [-0.15, -0.1) is 5.10 Å². The van der Waals surface area contributed by atoms with Gasteiger partial charge in [0.2, 0.25) is 0 Å². The highest BCUT2D eigenvalue weighted by Gasteiger charge is 2.44. The maximum absolute atomic E-state index is 12.4. The molecular formula is C19H33N5O2. The first-order valence-electron chi connectivity index (χ1n) is 9.98. The Morgan fingerprint density at radius 1 is 1.19 bits per heavy atom.